The van der Waals surface area contributed by atoms with Gasteiger partial charge in [-0.25, -0.2) is 4.98 Å². The molecule has 3 rings (SSSR count). The first kappa shape index (κ1) is 9.91. The molecule has 0 aliphatic heterocycles. The molecule has 1 aromatic carbocycles. The Balaban J connectivity index is 2.40. The van der Waals surface area contributed by atoms with E-state index in [1.54, 1.807) is 0 Å². The standard InChI is InChI=1S/C13H13ClN2/c14-9-5-3-7-11-12(9)13(15)8-4-1-2-6-10(8)16-11/h3,5,7H,1-2,4,6H2,(H2,15,16)/p+1. The summed E-state index contributed by atoms with van der Waals surface area (Å²) in [5, 5.41) is 1.71. The average molecular weight is 234 g/mol. The molecule has 16 heavy (non-hydrogen) atoms. The number of benzene rings is 1. The molecule has 2 nitrogen and oxygen atoms in total. The predicted molar refractivity (Wildman–Crippen MR) is 66.6 cm³/mol. The Kier molecular flexibility index (Phi) is 2.25. The normalized spacial score (nSPS) is 15.1. The molecule has 3 heteroatoms. The summed E-state index contributed by atoms with van der Waals surface area (Å²) in [7, 11) is 0. The molecule has 3 N–H and O–H groups in total. The van der Waals surface area contributed by atoms with Gasteiger partial charge in [0.2, 0.25) is 5.52 Å². The number of H-pyrrole nitrogens is 1. The van der Waals surface area contributed by atoms with Crippen molar-refractivity contribution >= 4 is 28.2 Å². The van der Waals surface area contributed by atoms with Gasteiger partial charge in [0.05, 0.1) is 16.1 Å². The smallest absolute Gasteiger partial charge is 0.214 e. The van der Waals surface area contributed by atoms with Crippen molar-refractivity contribution < 1.29 is 4.98 Å². The maximum absolute atomic E-state index is 6.24. The fraction of sp³-hybridized carbons (Fsp3) is 0.308. The van der Waals surface area contributed by atoms with E-state index in [1.807, 2.05) is 18.2 Å². The van der Waals surface area contributed by atoms with Gasteiger partial charge in [-0.2, -0.15) is 0 Å². The van der Waals surface area contributed by atoms with Gasteiger partial charge in [0.1, 0.15) is 0 Å². The molecule has 1 aromatic heterocycles. The number of halogens is 1. The highest BCUT2D eigenvalue weighted by atomic mass is 35.5. The van der Waals surface area contributed by atoms with Crippen LogP contribution in [0.15, 0.2) is 18.2 Å². The molecule has 1 aliphatic rings. The topological polar surface area (TPSA) is 40.2 Å². The van der Waals surface area contributed by atoms with E-state index >= 15 is 0 Å². The summed E-state index contributed by atoms with van der Waals surface area (Å²) in [5.74, 6) is 0. The molecule has 0 spiro atoms. The minimum absolute atomic E-state index is 0.736. The Morgan fingerprint density at radius 2 is 2.00 bits per heavy atom. The maximum atomic E-state index is 6.24. The van der Waals surface area contributed by atoms with Crippen molar-refractivity contribution in [3.8, 4) is 0 Å². The van der Waals surface area contributed by atoms with Crippen LogP contribution in [-0.4, -0.2) is 0 Å². The van der Waals surface area contributed by atoms with E-state index in [0.29, 0.717) is 0 Å². The number of fused-ring (bicyclic) bond motifs is 2. The highest BCUT2D eigenvalue weighted by Crippen LogP contribution is 2.32. The summed E-state index contributed by atoms with van der Waals surface area (Å²) in [6.07, 6.45) is 4.64. The lowest BCUT2D eigenvalue weighted by molar-refractivity contribution is -0.359. The molecule has 82 valence electrons. The Hall–Kier alpha value is -1.28. The summed E-state index contributed by atoms with van der Waals surface area (Å²) in [4.78, 5) is 3.46. The van der Waals surface area contributed by atoms with Gasteiger partial charge in [-0.1, -0.05) is 17.7 Å². The number of nitrogen functional groups attached to an aromatic ring is 1. The molecule has 0 bridgehead atoms. The lowest BCUT2D eigenvalue weighted by atomic mass is 9.93. The number of pyridine rings is 1. The minimum atomic E-state index is 0.736. The zero-order valence-corrected chi connectivity index (χ0v) is 9.77. The molecular formula is C13H14ClN2+. The van der Waals surface area contributed by atoms with Gasteiger partial charge < -0.3 is 5.73 Å². The van der Waals surface area contributed by atoms with Gasteiger partial charge in [0, 0.05) is 18.1 Å². The van der Waals surface area contributed by atoms with E-state index < -0.39 is 0 Å². The van der Waals surface area contributed by atoms with Crippen molar-refractivity contribution in [2.45, 2.75) is 25.7 Å². The lowest BCUT2D eigenvalue weighted by Gasteiger charge is -2.14. The summed E-state index contributed by atoms with van der Waals surface area (Å²) >= 11 is 6.20. The van der Waals surface area contributed by atoms with Gasteiger partial charge in [-0.05, 0) is 25.3 Å². The van der Waals surface area contributed by atoms with Crippen LogP contribution in [0.5, 0.6) is 0 Å². The second kappa shape index (κ2) is 3.63. The summed E-state index contributed by atoms with van der Waals surface area (Å²) in [5.41, 5.74) is 10.7. The van der Waals surface area contributed by atoms with E-state index in [2.05, 4.69) is 4.98 Å². The molecule has 1 aliphatic carbocycles. The fourth-order valence-corrected chi connectivity index (χ4v) is 2.83. The van der Waals surface area contributed by atoms with E-state index in [0.717, 1.165) is 34.5 Å². The van der Waals surface area contributed by atoms with Crippen LogP contribution >= 0.6 is 11.6 Å². The minimum Gasteiger partial charge on any atom is -0.398 e. The third-order valence-corrected chi connectivity index (χ3v) is 3.68. The zero-order valence-electron chi connectivity index (χ0n) is 9.02. The molecule has 1 heterocycles. The number of rotatable bonds is 0. The molecule has 0 amide bonds. The van der Waals surface area contributed by atoms with Crippen molar-refractivity contribution in [2.75, 3.05) is 5.73 Å². The van der Waals surface area contributed by atoms with Crippen molar-refractivity contribution in [2.24, 2.45) is 0 Å². The van der Waals surface area contributed by atoms with E-state index in [4.69, 9.17) is 17.3 Å². The van der Waals surface area contributed by atoms with Gasteiger partial charge in [-0.3, -0.25) is 0 Å². The van der Waals surface area contributed by atoms with Gasteiger partial charge in [0.15, 0.2) is 5.69 Å². The molecular weight excluding hydrogens is 220 g/mol. The number of nitrogens with one attached hydrogen (secondary N) is 1. The molecule has 0 radical (unpaired) electrons. The van der Waals surface area contributed by atoms with E-state index in [9.17, 15) is 0 Å². The first-order valence-corrected chi connectivity index (χ1v) is 6.06. The van der Waals surface area contributed by atoms with Gasteiger partial charge >= 0.3 is 0 Å². The SMILES string of the molecule is Nc1c2c([nH+]c3cccc(Cl)c13)CCCC2. The van der Waals surface area contributed by atoms with E-state index in [-0.39, 0.29) is 0 Å². The Morgan fingerprint density at radius 1 is 1.19 bits per heavy atom. The van der Waals surface area contributed by atoms with Crippen molar-refractivity contribution in [3.63, 3.8) is 0 Å². The van der Waals surface area contributed by atoms with Gasteiger partial charge in [0.25, 0.3) is 0 Å². The van der Waals surface area contributed by atoms with Crippen LogP contribution in [0.3, 0.4) is 0 Å². The summed E-state index contributed by atoms with van der Waals surface area (Å²) < 4.78 is 0. The Morgan fingerprint density at radius 3 is 2.88 bits per heavy atom. The lowest BCUT2D eigenvalue weighted by Crippen LogP contribution is -2.21. The average Bonchev–Trinajstić information content (AvgIpc) is 2.29. The van der Waals surface area contributed by atoms with Crippen LogP contribution in [0, 0.1) is 0 Å². The number of aromatic nitrogens is 1. The van der Waals surface area contributed by atoms with E-state index in [1.165, 1.54) is 24.1 Å². The molecule has 2 aromatic rings. The monoisotopic (exact) mass is 233 g/mol. The first-order chi connectivity index (χ1) is 7.77. The van der Waals surface area contributed by atoms with Crippen molar-refractivity contribution in [3.05, 3.63) is 34.5 Å². The Bertz CT molecular complexity index is 563. The fourth-order valence-electron chi connectivity index (χ4n) is 2.56. The number of nitrogens with two attached hydrogens (primary N) is 1. The first-order valence-electron chi connectivity index (χ1n) is 5.68. The highest BCUT2D eigenvalue weighted by Gasteiger charge is 2.22. The third kappa shape index (κ3) is 1.37. The maximum Gasteiger partial charge on any atom is 0.214 e. The number of hydrogen-bond acceptors (Lipinski definition) is 1. The van der Waals surface area contributed by atoms with Crippen LogP contribution in [0.1, 0.15) is 24.1 Å². The number of aryl methyl sites for hydroxylation is 1. The second-order valence-corrected chi connectivity index (χ2v) is 4.77. The molecule has 0 atom stereocenters. The van der Waals surface area contributed by atoms with Crippen LogP contribution in [0.25, 0.3) is 10.9 Å². The van der Waals surface area contributed by atoms with Crippen LogP contribution in [0.4, 0.5) is 5.69 Å². The number of hydrogen-bond donors (Lipinski definition) is 1. The van der Waals surface area contributed by atoms with Crippen LogP contribution in [0.2, 0.25) is 5.02 Å². The van der Waals surface area contributed by atoms with Crippen molar-refractivity contribution in [1.82, 2.24) is 0 Å². The highest BCUT2D eigenvalue weighted by molar-refractivity contribution is 6.36. The zero-order chi connectivity index (χ0) is 11.1. The summed E-state index contributed by atoms with van der Waals surface area (Å²) in [6, 6.07) is 5.88. The largest absolute Gasteiger partial charge is 0.398 e. The Labute approximate surface area is 99.4 Å². The summed E-state index contributed by atoms with van der Waals surface area (Å²) in [6.45, 7) is 0. The molecule has 0 saturated carbocycles. The van der Waals surface area contributed by atoms with Crippen LogP contribution in [-0.2, 0) is 12.8 Å². The third-order valence-electron chi connectivity index (χ3n) is 3.36. The molecule has 0 saturated heterocycles. The number of anilines is 1. The quantitative estimate of drug-likeness (QED) is 0.747. The number of aromatic amines is 1. The molecule has 0 fully saturated rings. The van der Waals surface area contributed by atoms with Gasteiger partial charge in [-0.15, -0.1) is 0 Å². The van der Waals surface area contributed by atoms with Crippen molar-refractivity contribution in [1.29, 1.82) is 0 Å². The molecule has 0 unspecified atom stereocenters. The predicted octanol–water partition coefficient (Wildman–Crippen LogP) is 2.77. The second-order valence-electron chi connectivity index (χ2n) is 4.37. The van der Waals surface area contributed by atoms with Crippen LogP contribution < -0.4 is 10.7 Å².